The maximum atomic E-state index is 12.9. The van der Waals surface area contributed by atoms with Crippen molar-refractivity contribution in [3.63, 3.8) is 0 Å². The van der Waals surface area contributed by atoms with Crippen LogP contribution in [0.3, 0.4) is 0 Å². The van der Waals surface area contributed by atoms with E-state index in [1.807, 2.05) is 30.3 Å². The van der Waals surface area contributed by atoms with Gasteiger partial charge in [-0.15, -0.1) is 0 Å². The first-order valence-electron chi connectivity index (χ1n) is 8.84. The Morgan fingerprint density at radius 2 is 1.69 bits per heavy atom. The van der Waals surface area contributed by atoms with E-state index in [4.69, 9.17) is 4.74 Å². The van der Waals surface area contributed by atoms with E-state index in [-0.39, 0.29) is 11.6 Å². The molecule has 0 aliphatic rings. The lowest BCUT2D eigenvalue weighted by atomic mass is 10.1. The van der Waals surface area contributed by atoms with E-state index in [9.17, 15) is 9.59 Å². The first-order valence-corrected chi connectivity index (χ1v) is 9.63. The van der Waals surface area contributed by atoms with Crippen molar-refractivity contribution < 1.29 is 14.3 Å². The summed E-state index contributed by atoms with van der Waals surface area (Å²) in [6.07, 6.45) is 1.63. The van der Waals surface area contributed by atoms with Crippen LogP contribution in [0.25, 0.3) is 6.08 Å². The highest BCUT2D eigenvalue weighted by molar-refractivity contribution is 9.10. The number of hydrogen-bond donors (Lipinski definition) is 2. The van der Waals surface area contributed by atoms with Crippen molar-refractivity contribution in [2.24, 2.45) is 0 Å². The van der Waals surface area contributed by atoms with E-state index < -0.39 is 5.91 Å². The molecule has 2 N–H and O–H groups in total. The molecular formula is C23H19BrN2O3. The average molecular weight is 451 g/mol. The molecule has 0 spiro atoms. The fourth-order valence-corrected chi connectivity index (χ4v) is 3.02. The van der Waals surface area contributed by atoms with Gasteiger partial charge in [0.1, 0.15) is 11.4 Å². The zero-order chi connectivity index (χ0) is 20.6. The maximum Gasteiger partial charge on any atom is 0.272 e. The topological polar surface area (TPSA) is 67.4 Å². The van der Waals surface area contributed by atoms with Crippen molar-refractivity contribution in [1.82, 2.24) is 5.32 Å². The van der Waals surface area contributed by atoms with Crippen molar-refractivity contribution in [1.29, 1.82) is 0 Å². The molecule has 146 valence electrons. The number of ether oxygens (including phenoxy) is 1. The highest BCUT2D eigenvalue weighted by Gasteiger charge is 2.15. The van der Waals surface area contributed by atoms with Gasteiger partial charge >= 0.3 is 0 Å². The van der Waals surface area contributed by atoms with Crippen molar-refractivity contribution >= 4 is 39.5 Å². The molecule has 0 unspecified atom stereocenters. The summed E-state index contributed by atoms with van der Waals surface area (Å²) in [5, 5.41) is 5.51. The molecule has 0 saturated heterocycles. The molecule has 0 atom stereocenters. The second kappa shape index (κ2) is 9.71. The summed E-state index contributed by atoms with van der Waals surface area (Å²) in [6, 6.07) is 23.2. The lowest BCUT2D eigenvalue weighted by Gasteiger charge is -2.12. The fourth-order valence-electron chi connectivity index (χ4n) is 2.60. The standard InChI is InChI=1S/C23H19BrN2O3/c1-29-20-12-6-11-19(15-20)25-23(28)21(14-16-7-5-10-18(24)13-16)26-22(27)17-8-3-2-4-9-17/h2-15H,1H3,(H,25,28)(H,26,27)/b21-14+. The molecule has 0 aromatic heterocycles. The summed E-state index contributed by atoms with van der Waals surface area (Å²) in [4.78, 5) is 25.5. The summed E-state index contributed by atoms with van der Waals surface area (Å²) in [5.41, 5.74) is 1.91. The largest absolute Gasteiger partial charge is 0.497 e. The second-order valence-electron chi connectivity index (χ2n) is 6.12. The van der Waals surface area contributed by atoms with Gasteiger partial charge in [0.2, 0.25) is 0 Å². The minimum Gasteiger partial charge on any atom is -0.497 e. The van der Waals surface area contributed by atoms with Crippen LogP contribution in [0, 0.1) is 0 Å². The number of anilines is 1. The summed E-state index contributed by atoms with van der Waals surface area (Å²) in [6.45, 7) is 0. The molecule has 0 aliphatic heterocycles. The molecule has 0 bridgehead atoms. The van der Waals surface area contributed by atoms with Crippen LogP contribution in [0.1, 0.15) is 15.9 Å². The Balaban J connectivity index is 1.89. The zero-order valence-corrected chi connectivity index (χ0v) is 17.3. The predicted molar refractivity (Wildman–Crippen MR) is 118 cm³/mol. The number of rotatable bonds is 6. The van der Waals surface area contributed by atoms with Crippen LogP contribution >= 0.6 is 15.9 Å². The van der Waals surface area contributed by atoms with E-state index in [0.717, 1.165) is 10.0 Å². The van der Waals surface area contributed by atoms with Gasteiger partial charge in [0.25, 0.3) is 11.8 Å². The van der Waals surface area contributed by atoms with Gasteiger partial charge in [0, 0.05) is 21.8 Å². The molecule has 0 aliphatic carbocycles. The summed E-state index contributed by atoms with van der Waals surface area (Å²) < 4.78 is 6.06. The van der Waals surface area contributed by atoms with E-state index in [1.54, 1.807) is 61.7 Å². The Morgan fingerprint density at radius 3 is 2.41 bits per heavy atom. The molecule has 3 aromatic carbocycles. The number of carbonyl (C=O) groups excluding carboxylic acids is 2. The van der Waals surface area contributed by atoms with Gasteiger partial charge in [0.15, 0.2) is 0 Å². The molecule has 3 aromatic rings. The van der Waals surface area contributed by atoms with E-state index in [2.05, 4.69) is 26.6 Å². The molecule has 6 heteroatoms. The Morgan fingerprint density at radius 1 is 0.931 bits per heavy atom. The molecule has 3 rings (SSSR count). The maximum absolute atomic E-state index is 12.9. The molecule has 5 nitrogen and oxygen atoms in total. The molecule has 0 saturated carbocycles. The Bertz CT molecular complexity index is 1050. The van der Waals surface area contributed by atoms with Gasteiger partial charge in [-0.2, -0.15) is 0 Å². The van der Waals surface area contributed by atoms with Crippen LogP contribution in [0.2, 0.25) is 0 Å². The van der Waals surface area contributed by atoms with Gasteiger partial charge in [0.05, 0.1) is 7.11 Å². The van der Waals surface area contributed by atoms with Crippen molar-refractivity contribution in [3.8, 4) is 5.75 Å². The first-order chi connectivity index (χ1) is 14.0. The van der Waals surface area contributed by atoms with Crippen LogP contribution in [0.15, 0.2) is 89.0 Å². The summed E-state index contributed by atoms with van der Waals surface area (Å²) in [7, 11) is 1.56. The van der Waals surface area contributed by atoms with Crippen molar-refractivity contribution in [2.45, 2.75) is 0 Å². The quantitative estimate of drug-likeness (QED) is 0.526. The Kier molecular flexibility index (Phi) is 6.81. The summed E-state index contributed by atoms with van der Waals surface area (Å²) >= 11 is 3.42. The number of carbonyl (C=O) groups is 2. The van der Waals surface area contributed by atoms with E-state index in [1.165, 1.54) is 0 Å². The van der Waals surface area contributed by atoms with Gasteiger partial charge in [-0.25, -0.2) is 0 Å². The van der Waals surface area contributed by atoms with E-state index in [0.29, 0.717) is 17.0 Å². The molecular weight excluding hydrogens is 432 g/mol. The number of amides is 2. The third kappa shape index (κ3) is 5.80. The van der Waals surface area contributed by atoms with Crippen molar-refractivity contribution in [3.05, 3.63) is 100 Å². The third-order valence-electron chi connectivity index (χ3n) is 4.02. The van der Waals surface area contributed by atoms with Crippen LogP contribution in [-0.2, 0) is 4.79 Å². The third-order valence-corrected chi connectivity index (χ3v) is 4.51. The molecule has 29 heavy (non-hydrogen) atoms. The zero-order valence-electron chi connectivity index (χ0n) is 15.7. The fraction of sp³-hybridized carbons (Fsp3) is 0.0435. The molecule has 2 amide bonds. The number of hydrogen-bond acceptors (Lipinski definition) is 3. The smallest absolute Gasteiger partial charge is 0.272 e. The minimum absolute atomic E-state index is 0.125. The Hall–Kier alpha value is -3.38. The molecule has 0 fully saturated rings. The second-order valence-corrected chi connectivity index (χ2v) is 7.03. The average Bonchev–Trinajstić information content (AvgIpc) is 2.74. The highest BCUT2D eigenvalue weighted by atomic mass is 79.9. The minimum atomic E-state index is -0.442. The molecule has 0 heterocycles. The Labute approximate surface area is 177 Å². The van der Waals surface area contributed by atoms with Crippen LogP contribution in [0.4, 0.5) is 5.69 Å². The van der Waals surface area contributed by atoms with Gasteiger partial charge in [-0.05, 0) is 48.0 Å². The van der Waals surface area contributed by atoms with Crippen molar-refractivity contribution in [2.75, 3.05) is 12.4 Å². The normalized spacial score (nSPS) is 10.9. The first kappa shape index (κ1) is 20.4. The van der Waals surface area contributed by atoms with Crippen LogP contribution in [0.5, 0.6) is 5.75 Å². The number of methoxy groups -OCH3 is 1. The lowest BCUT2D eigenvalue weighted by molar-refractivity contribution is -0.113. The SMILES string of the molecule is COc1cccc(NC(=O)/C(=C\c2cccc(Br)c2)NC(=O)c2ccccc2)c1. The van der Waals surface area contributed by atoms with Crippen LogP contribution < -0.4 is 15.4 Å². The van der Waals surface area contributed by atoms with Gasteiger partial charge < -0.3 is 15.4 Å². The van der Waals surface area contributed by atoms with Gasteiger partial charge in [-0.3, -0.25) is 9.59 Å². The summed E-state index contributed by atoms with van der Waals surface area (Å²) in [5.74, 6) is -0.191. The van der Waals surface area contributed by atoms with Gasteiger partial charge in [-0.1, -0.05) is 52.3 Å². The molecule has 0 radical (unpaired) electrons. The monoisotopic (exact) mass is 450 g/mol. The highest BCUT2D eigenvalue weighted by Crippen LogP contribution is 2.18. The van der Waals surface area contributed by atoms with E-state index >= 15 is 0 Å². The number of nitrogens with one attached hydrogen (secondary N) is 2. The van der Waals surface area contributed by atoms with Crippen LogP contribution in [-0.4, -0.2) is 18.9 Å². The number of halogens is 1. The predicted octanol–water partition coefficient (Wildman–Crippen LogP) is 4.87. The number of benzene rings is 3. The lowest BCUT2D eigenvalue weighted by Crippen LogP contribution is -2.30.